The topological polar surface area (TPSA) is 29.5 Å². The molecule has 0 saturated heterocycles. The normalized spacial score (nSPS) is 10.6. The van der Waals surface area contributed by atoms with E-state index < -0.39 is 24.5 Å². The van der Waals surface area contributed by atoms with Crippen LogP contribution in [0.3, 0.4) is 0 Å². The zero-order valence-corrected chi connectivity index (χ0v) is 7.81. The van der Waals surface area contributed by atoms with Gasteiger partial charge in [0, 0.05) is 0 Å². The van der Waals surface area contributed by atoms with E-state index in [1.54, 1.807) is 0 Å². The van der Waals surface area contributed by atoms with Gasteiger partial charge < -0.3 is 9.84 Å². The molecule has 2 nitrogen and oxygen atoms in total. The smallest absolute Gasteiger partial charge is 0.406 e. The lowest BCUT2D eigenvalue weighted by Crippen LogP contribution is -2.17. The van der Waals surface area contributed by atoms with Gasteiger partial charge in [0.2, 0.25) is 0 Å². The molecule has 0 aliphatic carbocycles. The van der Waals surface area contributed by atoms with Crippen molar-refractivity contribution in [1.29, 1.82) is 0 Å². The molecule has 0 radical (unpaired) electrons. The average Bonchev–Trinajstić information content (AvgIpc) is 2.17. The highest BCUT2D eigenvalue weighted by molar-refractivity contribution is 5.41. The van der Waals surface area contributed by atoms with Crippen LogP contribution in [0.1, 0.15) is 5.56 Å². The molecule has 0 fully saturated rings. The monoisotopic (exact) mass is 234 g/mol. The first-order chi connectivity index (χ1) is 7.42. The van der Waals surface area contributed by atoms with Crippen LogP contribution < -0.4 is 4.74 Å². The summed E-state index contributed by atoms with van der Waals surface area (Å²) in [6.45, 7) is -0.510. The third-order valence-electron chi connectivity index (χ3n) is 1.47. The maximum atomic E-state index is 13.0. The fourth-order valence-electron chi connectivity index (χ4n) is 0.932. The summed E-state index contributed by atoms with van der Waals surface area (Å²) in [5, 5.41) is 8.37. The molecule has 1 N–H and O–H groups in total. The van der Waals surface area contributed by atoms with Crippen molar-refractivity contribution in [2.75, 3.05) is 6.61 Å². The van der Waals surface area contributed by atoms with Crippen LogP contribution in [0.25, 0.3) is 0 Å². The quantitative estimate of drug-likeness (QED) is 0.595. The number of aliphatic hydroxyl groups is 1. The summed E-state index contributed by atoms with van der Waals surface area (Å²) in [5.74, 6) is 2.95. The van der Waals surface area contributed by atoms with Gasteiger partial charge in [-0.05, 0) is 18.2 Å². The highest BCUT2D eigenvalue weighted by atomic mass is 19.4. The van der Waals surface area contributed by atoms with Crippen molar-refractivity contribution >= 4 is 0 Å². The Labute approximate surface area is 88.5 Å². The van der Waals surface area contributed by atoms with Crippen molar-refractivity contribution in [1.82, 2.24) is 0 Å². The van der Waals surface area contributed by atoms with Gasteiger partial charge in [0.25, 0.3) is 0 Å². The molecule has 0 heterocycles. The summed E-state index contributed by atoms with van der Waals surface area (Å²) in [7, 11) is 0. The minimum atomic E-state index is -4.83. The number of aliphatic hydroxyl groups excluding tert-OH is 1. The zero-order chi connectivity index (χ0) is 12.2. The van der Waals surface area contributed by atoms with E-state index in [4.69, 9.17) is 5.11 Å². The standard InChI is InChI=1S/C10H6F4O2/c11-9-4-3-8(16-10(12,13)14)6-7(9)2-1-5-15/h3-4,6,15H,5H2. The first-order valence-electron chi connectivity index (χ1n) is 4.07. The third kappa shape index (κ3) is 3.79. The van der Waals surface area contributed by atoms with E-state index in [0.29, 0.717) is 0 Å². The van der Waals surface area contributed by atoms with E-state index in [0.717, 1.165) is 18.2 Å². The first kappa shape index (κ1) is 12.3. The van der Waals surface area contributed by atoms with E-state index in [2.05, 4.69) is 16.6 Å². The predicted molar refractivity (Wildman–Crippen MR) is 47.0 cm³/mol. The highest BCUT2D eigenvalue weighted by Gasteiger charge is 2.31. The molecule has 6 heteroatoms. The minimum Gasteiger partial charge on any atom is -0.406 e. The molecule has 0 aliphatic heterocycles. The van der Waals surface area contributed by atoms with Gasteiger partial charge in [-0.3, -0.25) is 0 Å². The molecule has 1 aromatic rings. The van der Waals surface area contributed by atoms with Gasteiger partial charge >= 0.3 is 6.36 Å². The van der Waals surface area contributed by atoms with E-state index in [-0.39, 0.29) is 5.56 Å². The molecule has 0 saturated carbocycles. The van der Waals surface area contributed by atoms with Crippen molar-refractivity contribution in [3.63, 3.8) is 0 Å². The van der Waals surface area contributed by atoms with E-state index in [1.807, 2.05) is 0 Å². The summed E-state index contributed by atoms with van der Waals surface area (Å²) < 4.78 is 52.1. The van der Waals surface area contributed by atoms with Crippen LogP contribution in [-0.2, 0) is 0 Å². The summed E-state index contributed by atoms with van der Waals surface area (Å²) in [4.78, 5) is 0. The Morgan fingerprint density at radius 1 is 1.31 bits per heavy atom. The van der Waals surface area contributed by atoms with Gasteiger partial charge in [0.15, 0.2) is 0 Å². The molecule has 0 atom stereocenters. The fourth-order valence-corrected chi connectivity index (χ4v) is 0.932. The largest absolute Gasteiger partial charge is 0.573 e. The number of benzene rings is 1. The number of ether oxygens (including phenoxy) is 1. The fraction of sp³-hybridized carbons (Fsp3) is 0.200. The van der Waals surface area contributed by atoms with Crippen LogP contribution in [0, 0.1) is 17.7 Å². The molecule has 0 spiro atoms. The van der Waals surface area contributed by atoms with Crippen LogP contribution in [-0.4, -0.2) is 18.1 Å². The Balaban J connectivity index is 2.98. The molecule has 0 bridgehead atoms. The minimum absolute atomic E-state index is 0.268. The molecule has 86 valence electrons. The zero-order valence-electron chi connectivity index (χ0n) is 7.81. The molecule has 1 rings (SSSR count). The summed E-state index contributed by atoms with van der Waals surface area (Å²) in [5.41, 5.74) is -0.268. The Kier molecular flexibility index (Phi) is 3.74. The van der Waals surface area contributed by atoms with Crippen molar-refractivity contribution < 1.29 is 27.4 Å². The molecule has 0 unspecified atom stereocenters. The maximum absolute atomic E-state index is 13.0. The first-order valence-corrected chi connectivity index (χ1v) is 4.07. The second-order valence-corrected chi connectivity index (χ2v) is 2.65. The Bertz CT molecular complexity index is 429. The van der Waals surface area contributed by atoms with Crippen LogP contribution in [0.4, 0.5) is 17.6 Å². The summed E-state index contributed by atoms with van der Waals surface area (Å²) in [6.07, 6.45) is -4.83. The molecule has 0 amide bonds. The lowest BCUT2D eigenvalue weighted by Gasteiger charge is -2.08. The SMILES string of the molecule is OCC#Cc1cc(OC(F)(F)F)ccc1F. The number of alkyl halides is 3. The van der Waals surface area contributed by atoms with Crippen LogP contribution >= 0.6 is 0 Å². The molecular weight excluding hydrogens is 228 g/mol. The second kappa shape index (κ2) is 4.86. The van der Waals surface area contributed by atoms with Crippen LogP contribution in [0.2, 0.25) is 0 Å². The average molecular weight is 234 g/mol. The molecular formula is C10H6F4O2. The van der Waals surface area contributed by atoms with E-state index in [1.165, 1.54) is 0 Å². The summed E-state index contributed by atoms with van der Waals surface area (Å²) in [6, 6.07) is 2.46. The van der Waals surface area contributed by atoms with Gasteiger partial charge in [-0.25, -0.2) is 4.39 Å². The van der Waals surface area contributed by atoms with Gasteiger partial charge in [0.1, 0.15) is 18.2 Å². The predicted octanol–water partition coefficient (Wildman–Crippen LogP) is 2.07. The summed E-state index contributed by atoms with van der Waals surface area (Å²) >= 11 is 0. The Morgan fingerprint density at radius 2 is 2.00 bits per heavy atom. The number of rotatable bonds is 1. The second-order valence-electron chi connectivity index (χ2n) is 2.65. The molecule has 0 aromatic heterocycles. The number of hydrogen-bond acceptors (Lipinski definition) is 2. The van der Waals surface area contributed by atoms with E-state index in [9.17, 15) is 17.6 Å². The van der Waals surface area contributed by atoms with Crippen LogP contribution in [0.5, 0.6) is 5.75 Å². The lowest BCUT2D eigenvalue weighted by molar-refractivity contribution is -0.274. The molecule has 0 aliphatic rings. The van der Waals surface area contributed by atoms with Gasteiger partial charge in [-0.15, -0.1) is 13.2 Å². The van der Waals surface area contributed by atoms with Crippen LogP contribution in [0.15, 0.2) is 18.2 Å². The molecule has 1 aromatic carbocycles. The van der Waals surface area contributed by atoms with Crippen molar-refractivity contribution in [2.45, 2.75) is 6.36 Å². The third-order valence-corrected chi connectivity index (χ3v) is 1.47. The Morgan fingerprint density at radius 3 is 2.56 bits per heavy atom. The number of hydrogen-bond donors (Lipinski definition) is 1. The van der Waals surface area contributed by atoms with Crippen molar-refractivity contribution in [2.24, 2.45) is 0 Å². The Hall–Kier alpha value is -1.74. The highest BCUT2D eigenvalue weighted by Crippen LogP contribution is 2.24. The van der Waals surface area contributed by atoms with E-state index >= 15 is 0 Å². The lowest BCUT2D eigenvalue weighted by atomic mass is 10.2. The molecule has 16 heavy (non-hydrogen) atoms. The maximum Gasteiger partial charge on any atom is 0.573 e. The van der Waals surface area contributed by atoms with Gasteiger partial charge in [0.05, 0.1) is 5.56 Å². The number of halogens is 4. The van der Waals surface area contributed by atoms with Gasteiger partial charge in [-0.1, -0.05) is 11.8 Å². The van der Waals surface area contributed by atoms with Crippen molar-refractivity contribution in [3.05, 3.63) is 29.6 Å². The van der Waals surface area contributed by atoms with Crippen molar-refractivity contribution in [3.8, 4) is 17.6 Å². The van der Waals surface area contributed by atoms with Gasteiger partial charge in [-0.2, -0.15) is 0 Å².